The maximum atomic E-state index is 6.68. The van der Waals surface area contributed by atoms with Gasteiger partial charge < -0.3 is 4.74 Å². The fourth-order valence-electron chi connectivity index (χ4n) is 7.24. The molecule has 0 aliphatic rings. The van der Waals surface area contributed by atoms with Crippen LogP contribution in [0.2, 0.25) is 0 Å². The molecule has 0 amide bonds. The Morgan fingerprint density at radius 2 is 1.54 bits per heavy atom. The molecule has 0 aliphatic heterocycles. The number of hydrogen-bond acceptors (Lipinski definition) is 3. The molecule has 3 heterocycles. The van der Waals surface area contributed by atoms with Crippen molar-refractivity contribution in [2.24, 2.45) is 0 Å². The molecule has 0 unspecified atom stereocenters. The van der Waals surface area contributed by atoms with E-state index in [1.807, 2.05) is 16.9 Å². The third kappa shape index (κ3) is 6.57. The van der Waals surface area contributed by atoms with Crippen molar-refractivity contribution < 1.29 is 4.74 Å². The van der Waals surface area contributed by atoms with Gasteiger partial charge in [0.25, 0.3) is 0 Å². The summed E-state index contributed by atoms with van der Waals surface area (Å²) in [5.41, 5.74) is 11.4. The molecule has 0 bridgehead atoms. The van der Waals surface area contributed by atoms with Crippen molar-refractivity contribution in [3.05, 3.63) is 131 Å². The number of benzene rings is 4. The predicted octanol–water partition coefficient (Wildman–Crippen LogP) is 12.2. The van der Waals surface area contributed by atoms with E-state index in [9.17, 15) is 0 Å². The van der Waals surface area contributed by atoms with E-state index in [-0.39, 0.29) is 5.41 Å². The first-order valence-electron chi connectivity index (χ1n) is 18.1. The number of ether oxygens (including phenoxy) is 1. The summed E-state index contributed by atoms with van der Waals surface area (Å²) in [5, 5.41) is 7.42. The van der Waals surface area contributed by atoms with Crippen molar-refractivity contribution in [3.8, 4) is 34.1 Å². The highest BCUT2D eigenvalue weighted by molar-refractivity contribution is 6.09. The molecule has 0 atom stereocenters. The zero-order valence-electron chi connectivity index (χ0n) is 30.5. The Hall–Kier alpha value is -5.16. The maximum Gasteiger partial charge on any atom is 0.137 e. The molecular weight excluding hydrogens is 613 g/mol. The minimum absolute atomic E-state index is 0.00653. The summed E-state index contributed by atoms with van der Waals surface area (Å²) in [6.45, 7) is 15.3. The van der Waals surface area contributed by atoms with Gasteiger partial charge in [-0.2, -0.15) is 5.10 Å². The van der Waals surface area contributed by atoms with Gasteiger partial charge in [0, 0.05) is 40.4 Å². The van der Waals surface area contributed by atoms with Crippen molar-refractivity contribution in [3.63, 3.8) is 0 Å². The first kappa shape index (κ1) is 33.3. The summed E-state index contributed by atoms with van der Waals surface area (Å²) in [5.74, 6) is 2.48. The fourth-order valence-corrected chi connectivity index (χ4v) is 7.24. The number of aromatic nitrogens is 4. The largest absolute Gasteiger partial charge is 0.457 e. The van der Waals surface area contributed by atoms with Crippen molar-refractivity contribution in [2.45, 2.75) is 86.0 Å². The molecule has 0 saturated carbocycles. The molecule has 0 fully saturated rings. The van der Waals surface area contributed by atoms with Gasteiger partial charge in [0.2, 0.25) is 0 Å². The molecule has 0 radical (unpaired) electrons. The Balaban J connectivity index is 1.30. The minimum atomic E-state index is 0.00653. The minimum Gasteiger partial charge on any atom is -0.457 e. The van der Waals surface area contributed by atoms with Crippen LogP contribution in [0.3, 0.4) is 0 Å². The highest BCUT2D eigenvalue weighted by Crippen LogP contribution is 2.37. The number of nitrogens with zero attached hydrogens (tertiary/aromatic N) is 4. The highest BCUT2D eigenvalue weighted by Gasteiger charge is 2.20. The average Bonchev–Trinajstić information content (AvgIpc) is 3.58. The normalized spacial score (nSPS) is 11.9. The molecule has 5 heteroatoms. The van der Waals surface area contributed by atoms with Gasteiger partial charge in [-0.1, -0.05) is 83.4 Å². The number of rotatable bonds is 10. The van der Waals surface area contributed by atoms with E-state index in [0.717, 1.165) is 57.4 Å². The van der Waals surface area contributed by atoms with Crippen LogP contribution in [0.5, 0.6) is 11.5 Å². The summed E-state index contributed by atoms with van der Waals surface area (Å²) in [4.78, 5) is 4.91. The molecule has 0 saturated heterocycles. The van der Waals surface area contributed by atoms with Crippen LogP contribution in [0.1, 0.15) is 81.5 Å². The molecular formula is C45H48N4O. The molecule has 3 aromatic heterocycles. The smallest absolute Gasteiger partial charge is 0.137 e. The van der Waals surface area contributed by atoms with Gasteiger partial charge in [0.15, 0.2) is 0 Å². The third-order valence-corrected chi connectivity index (χ3v) is 9.83. The highest BCUT2D eigenvalue weighted by atomic mass is 16.5. The number of unbranched alkanes of at least 4 members (excludes halogenated alkanes) is 3. The van der Waals surface area contributed by atoms with E-state index >= 15 is 0 Å². The second-order valence-corrected chi connectivity index (χ2v) is 14.8. The zero-order valence-corrected chi connectivity index (χ0v) is 30.5. The second-order valence-electron chi connectivity index (χ2n) is 14.8. The van der Waals surface area contributed by atoms with Crippen LogP contribution >= 0.6 is 0 Å². The first-order valence-corrected chi connectivity index (χ1v) is 18.1. The van der Waals surface area contributed by atoms with Gasteiger partial charge >= 0.3 is 0 Å². The lowest BCUT2D eigenvalue weighted by molar-refractivity contribution is 0.482. The molecule has 5 nitrogen and oxygen atoms in total. The van der Waals surface area contributed by atoms with Crippen molar-refractivity contribution in [2.75, 3.05) is 0 Å². The van der Waals surface area contributed by atoms with Crippen LogP contribution in [-0.4, -0.2) is 19.3 Å². The maximum absolute atomic E-state index is 6.68. The van der Waals surface area contributed by atoms with Gasteiger partial charge in [0.05, 0.1) is 22.4 Å². The summed E-state index contributed by atoms with van der Waals surface area (Å²) in [6.07, 6.45) is 8.06. The van der Waals surface area contributed by atoms with E-state index in [4.69, 9.17) is 14.8 Å². The molecule has 0 aliphatic carbocycles. The Bertz CT molecular complexity index is 2300. The Morgan fingerprint density at radius 1 is 0.720 bits per heavy atom. The van der Waals surface area contributed by atoms with Crippen LogP contribution in [0, 0.1) is 20.8 Å². The van der Waals surface area contributed by atoms with Gasteiger partial charge in [-0.25, -0.2) is 9.67 Å². The monoisotopic (exact) mass is 660 g/mol. The second kappa shape index (κ2) is 13.6. The number of pyridine rings is 1. The fraction of sp³-hybridized carbons (Fsp3) is 0.289. The zero-order chi connectivity index (χ0) is 35.0. The molecule has 7 aromatic rings. The van der Waals surface area contributed by atoms with Gasteiger partial charge in [-0.15, -0.1) is 0 Å². The summed E-state index contributed by atoms with van der Waals surface area (Å²) >= 11 is 0. The van der Waals surface area contributed by atoms with E-state index in [2.05, 4.69) is 144 Å². The van der Waals surface area contributed by atoms with Crippen molar-refractivity contribution in [1.82, 2.24) is 19.3 Å². The summed E-state index contributed by atoms with van der Waals surface area (Å²) in [7, 11) is 0. The van der Waals surface area contributed by atoms with Gasteiger partial charge in [-0.05, 0) is 110 Å². The van der Waals surface area contributed by atoms with Crippen LogP contribution in [0.4, 0.5) is 0 Å². The first-order chi connectivity index (χ1) is 24.1. The SMILES string of the molecule is CCCCCCc1ccc2c(c1)c1ccc(Oc3cc(C)cc(-n4nc(C)c(-c5ccccc5)c4C)c3)cc1n2-c1cc(C(C)(C)C)ccn1. The Labute approximate surface area is 296 Å². The molecule has 0 N–H and O–H groups in total. The molecule has 0 spiro atoms. The molecule has 7 rings (SSSR count). The van der Waals surface area contributed by atoms with Crippen LogP contribution < -0.4 is 4.74 Å². The van der Waals surface area contributed by atoms with E-state index in [1.54, 1.807) is 0 Å². The quantitative estimate of drug-likeness (QED) is 0.137. The molecule has 254 valence electrons. The number of aryl methyl sites for hydroxylation is 3. The topological polar surface area (TPSA) is 44.9 Å². The van der Waals surface area contributed by atoms with Crippen molar-refractivity contribution >= 4 is 21.8 Å². The predicted molar refractivity (Wildman–Crippen MR) is 208 cm³/mol. The molecule has 50 heavy (non-hydrogen) atoms. The summed E-state index contributed by atoms with van der Waals surface area (Å²) in [6, 6.07) is 34.6. The lowest BCUT2D eigenvalue weighted by Gasteiger charge is -2.20. The Kier molecular flexibility index (Phi) is 9.09. The number of hydrogen-bond donors (Lipinski definition) is 0. The van der Waals surface area contributed by atoms with E-state index < -0.39 is 0 Å². The standard InChI is InChI=1S/C45H48N4O/c1-8-9-10-12-15-33-18-21-41-40(26-33)39-20-19-37(29-42(39)48(41)43-27-35(22-23-46-43)45(5,6)7)50-38-25-30(2)24-36(28-38)49-32(4)44(31(3)47-49)34-16-13-11-14-17-34/h11,13-14,16-29H,8-10,12,15H2,1-7H3. The third-order valence-electron chi connectivity index (χ3n) is 9.83. The molecule has 4 aromatic carbocycles. The summed E-state index contributed by atoms with van der Waals surface area (Å²) < 4.78 is 11.0. The van der Waals surface area contributed by atoms with Gasteiger partial charge in [0.1, 0.15) is 17.3 Å². The van der Waals surface area contributed by atoms with Crippen LogP contribution in [0.15, 0.2) is 103 Å². The van der Waals surface area contributed by atoms with Gasteiger partial charge in [-0.3, -0.25) is 4.57 Å². The van der Waals surface area contributed by atoms with Crippen LogP contribution in [0.25, 0.3) is 44.4 Å². The van der Waals surface area contributed by atoms with E-state index in [1.165, 1.54) is 58.7 Å². The lowest BCUT2D eigenvalue weighted by atomic mass is 9.88. The average molecular weight is 661 g/mol. The van der Waals surface area contributed by atoms with Crippen LogP contribution in [-0.2, 0) is 11.8 Å². The van der Waals surface area contributed by atoms with Crippen molar-refractivity contribution in [1.29, 1.82) is 0 Å². The Morgan fingerprint density at radius 3 is 2.32 bits per heavy atom. The number of fused-ring (bicyclic) bond motifs is 3. The lowest BCUT2D eigenvalue weighted by Crippen LogP contribution is -2.12. The van der Waals surface area contributed by atoms with E-state index in [0.29, 0.717) is 0 Å².